The summed E-state index contributed by atoms with van der Waals surface area (Å²) in [5, 5.41) is 12.0. The fourth-order valence-corrected chi connectivity index (χ4v) is 2.23. The number of nitrogens with one attached hydrogen (secondary N) is 1. The van der Waals surface area contributed by atoms with Crippen LogP contribution in [0, 0.1) is 0 Å². The summed E-state index contributed by atoms with van der Waals surface area (Å²) in [5.74, 6) is 0.835. The Morgan fingerprint density at radius 1 is 1.32 bits per heavy atom. The summed E-state index contributed by atoms with van der Waals surface area (Å²) in [7, 11) is 1.63. The molecular formula is C14H19NO4. The number of ether oxygens (including phenoxy) is 2. The first-order chi connectivity index (χ1) is 9.19. The largest absolute Gasteiger partial charge is 0.497 e. The minimum atomic E-state index is -0.765. The van der Waals surface area contributed by atoms with E-state index < -0.39 is 12.0 Å². The average molecular weight is 265 g/mol. The van der Waals surface area contributed by atoms with Gasteiger partial charge in [-0.25, -0.2) is 0 Å². The Hall–Kier alpha value is -1.75. The smallest absolute Gasteiger partial charge is 0.320 e. The van der Waals surface area contributed by atoms with Gasteiger partial charge < -0.3 is 19.9 Å². The Kier molecular flexibility index (Phi) is 4.63. The lowest BCUT2D eigenvalue weighted by Crippen LogP contribution is -2.35. The van der Waals surface area contributed by atoms with Crippen molar-refractivity contribution in [3.63, 3.8) is 0 Å². The summed E-state index contributed by atoms with van der Waals surface area (Å²) in [6.45, 7) is 0.580. The van der Waals surface area contributed by atoms with Gasteiger partial charge in [0.25, 0.3) is 0 Å². The van der Waals surface area contributed by atoms with Gasteiger partial charge in [0, 0.05) is 6.04 Å². The van der Waals surface area contributed by atoms with Gasteiger partial charge >= 0.3 is 5.97 Å². The van der Waals surface area contributed by atoms with Crippen LogP contribution in [0.25, 0.3) is 0 Å². The van der Waals surface area contributed by atoms with E-state index in [0.29, 0.717) is 13.0 Å². The maximum Gasteiger partial charge on any atom is 0.320 e. The highest BCUT2D eigenvalue weighted by Crippen LogP contribution is 2.19. The topological polar surface area (TPSA) is 67.8 Å². The second-order valence-electron chi connectivity index (χ2n) is 4.64. The average Bonchev–Trinajstić information content (AvgIpc) is 2.89. The van der Waals surface area contributed by atoms with Gasteiger partial charge in [-0.05, 0) is 43.5 Å². The summed E-state index contributed by atoms with van der Waals surface area (Å²) >= 11 is 0. The Morgan fingerprint density at radius 2 is 2.00 bits per heavy atom. The number of hydrogen-bond acceptors (Lipinski definition) is 4. The number of hydrogen-bond donors (Lipinski definition) is 2. The number of carbonyl (C=O) groups is 1. The van der Waals surface area contributed by atoms with E-state index in [4.69, 9.17) is 14.6 Å². The molecule has 1 heterocycles. The Labute approximate surface area is 112 Å². The van der Waals surface area contributed by atoms with Crippen molar-refractivity contribution in [1.82, 2.24) is 5.32 Å². The number of carboxylic acids is 1. The minimum Gasteiger partial charge on any atom is -0.497 e. The molecule has 1 saturated heterocycles. The SMILES string of the molecule is COc1ccc(OCCC2CCC(C(=O)O)N2)cc1. The maximum atomic E-state index is 10.8. The van der Waals surface area contributed by atoms with Crippen LogP contribution >= 0.6 is 0 Å². The second-order valence-corrected chi connectivity index (χ2v) is 4.64. The van der Waals surface area contributed by atoms with Crippen LogP contribution in [0.3, 0.4) is 0 Å². The molecule has 0 amide bonds. The quantitative estimate of drug-likeness (QED) is 0.819. The summed E-state index contributed by atoms with van der Waals surface area (Å²) in [6, 6.07) is 7.26. The zero-order valence-corrected chi connectivity index (χ0v) is 11.0. The first kappa shape index (κ1) is 13.7. The van der Waals surface area contributed by atoms with Crippen molar-refractivity contribution in [3.05, 3.63) is 24.3 Å². The van der Waals surface area contributed by atoms with Crippen molar-refractivity contribution < 1.29 is 19.4 Å². The zero-order chi connectivity index (χ0) is 13.7. The summed E-state index contributed by atoms with van der Waals surface area (Å²) in [4.78, 5) is 10.8. The first-order valence-corrected chi connectivity index (χ1v) is 6.45. The van der Waals surface area contributed by atoms with Crippen LogP contribution in [0.2, 0.25) is 0 Å². The van der Waals surface area contributed by atoms with Crippen molar-refractivity contribution in [2.45, 2.75) is 31.3 Å². The van der Waals surface area contributed by atoms with Crippen LogP contribution in [-0.4, -0.2) is 36.9 Å². The van der Waals surface area contributed by atoms with Crippen LogP contribution in [0.5, 0.6) is 11.5 Å². The highest BCUT2D eigenvalue weighted by atomic mass is 16.5. The van der Waals surface area contributed by atoms with Gasteiger partial charge in [0.1, 0.15) is 17.5 Å². The lowest BCUT2D eigenvalue weighted by Gasteiger charge is -2.12. The molecular weight excluding hydrogens is 246 g/mol. The third kappa shape index (κ3) is 3.86. The van der Waals surface area contributed by atoms with Crippen molar-refractivity contribution >= 4 is 5.97 Å². The number of rotatable bonds is 6. The molecule has 5 nitrogen and oxygen atoms in total. The number of benzene rings is 1. The van der Waals surface area contributed by atoms with Gasteiger partial charge in [-0.15, -0.1) is 0 Å². The predicted octanol–water partition coefficient (Wildman–Crippen LogP) is 1.67. The minimum absolute atomic E-state index is 0.236. The van der Waals surface area contributed by atoms with Gasteiger partial charge in [0.05, 0.1) is 13.7 Å². The third-order valence-corrected chi connectivity index (χ3v) is 3.33. The van der Waals surface area contributed by atoms with E-state index in [1.54, 1.807) is 7.11 Å². The van der Waals surface area contributed by atoms with Crippen LogP contribution in [0.4, 0.5) is 0 Å². The molecule has 1 aromatic carbocycles. The molecule has 0 spiro atoms. The van der Waals surface area contributed by atoms with Gasteiger partial charge in [0.15, 0.2) is 0 Å². The fraction of sp³-hybridized carbons (Fsp3) is 0.500. The molecule has 2 N–H and O–H groups in total. The van der Waals surface area contributed by atoms with Gasteiger partial charge in [-0.1, -0.05) is 0 Å². The van der Waals surface area contributed by atoms with Gasteiger partial charge in [-0.3, -0.25) is 4.79 Å². The van der Waals surface area contributed by atoms with E-state index in [2.05, 4.69) is 5.32 Å². The fourth-order valence-electron chi connectivity index (χ4n) is 2.23. The molecule has 19 heavy (non-hydrogen) atoms. The Bertz CT molecular complexity index is 418. The number of aliphatic carboxylic acids is 1. The molecule has 1 aliphatic heterocycles. The summed E-state index contributed by atoms with van der Waals surface area (Å²) < 4.78 is 10.7. The van der Waals surface area contributed by atoms with E-state index in [-0.39, 0.29) is 6.04 Å². The highest BCUT2D eigenvalue weighted by Gasteiger charge is 2.28. The van der Waals surface area contributed by atoms with Crippen LogP contribution in [-0.2, 0) is 4.79 Å². The molecule has 104 valence electrons. The molecule has 2 rings (SSSR count). The van der Waals surface area contributed by atoms with E-state index in [9.17, 15) is 4.79 Å². The van der Waals surface area contributed by atoms with Crippen molar-refractivity contribution in [2.75, 3.05) is 13.7 Å². The molecule has 0 saturated carbocycles. The number of methoxy groups -OCH3 is 1. The molecule has 5 heteroatoms. The maximum absolute atomic E-state index is 10.8. The van der Waals surface area contributed by atoms with Crippen molar-refractivity contribution in [1.29, 1.82) is 0 Å². The zero-order valence-electron chi connectivity index (χ0n) is 11.0. The second kappa shape index (κ2) is 6.43. The normalized spacial score (nSPS) is 22.2. The van der Waals surface area contributed by atoms with Gasteiger partial charge in [0.2, 0.25) is 0 Å². The molecule has 0 aromatic heterocycles. The summed E-state index contributed by atoms with van der Waals surface area (Å²) in [5.41, 5.74) is 0. The molecule has 0 bridgehead atoms. The molecule has 1 aliphatic rings. The molecule has 1 fully saturated rings. The first-order valence-electron chi connectivity index (χ1n) is 6.45. The molecule has 0 radical (unpaired) electrons. The van der Waals surface area contributed by atoms with E-state index in [1.807, 2.05) is 24.3 Å². The van der Waals surface area contributed by atoms with Crippen molar-refractivity contribution in [3.8, 4) is 11.5 Å². The molecule has 0 aliphatic carbocycles. The Morgan fingerprint density at radius 3 is 2.58 bits per heavy atom. The molecule has 2 atom stereocenters. The van der Waals surface area contributed by atoms with Gasteiger partial charge in [-0.2, -0.15) is 0 Å². The highest BCUT2D eigenvalue weighted by molar-refractivity contribution is 5.73. The van der Waals surface area contributed by atoms with Crippen LogP contribution < -0.4 is 14.8 Å². The van der Waals surface area contributed by atoms with Crippen LogP contribution in [0.1, 0.15) is 19.3 Å². The van der Waals surface area contributed by atoms with E-state index in [0.717, 1.165) is 24.3 Å². The summed E-state index contributed by atoms with van der Waals surface area (Å²) in [6.07, 6.45) is 2.40. The number of carboxylic acid groups (broad SMARTS) is 1. The third-order valence-electron chi connectivity index (χ3n) is 3.33. The molecule has 2 unspecified atom stereocenters. The Balaban J connectivity index is 1.70. The molecule has 1 aromatic rings. The monoisotopic (exact) mass is 265 g/mol. The van der Waals surface area contributed by atoms with Crippen LogP contribution in [0.15, 0.2) is 24.3 Å². The lowest BCUT2D eigenvalue weighted by atomic mass is 10.1. The van der Waals surface area contributed by atoms with E-state index >= 15 is 0 Å². The van der Waals surface area contributed by atoms with Crippen molar-refractivity contribution in [2.24, 2.45) is 0 Å². The standard InChI is InChI=1S/C14H19NO4/c1-18-11-3-5-12(6-4-11)19-9-8-10-2-7-13(15-10)14(16)17/h3-6,10,13,15H,2,7-9H2,1H3,(H,16,17). The lowest BCUT2D eigenvalue weighted by molar-refractivity contribution is -0.139. The van der Waals surface area contributed by atoms with E-state index in [1.165, 1.54) is 0 Å². The predicted molar refractivity (Wildman–Crippen MR) is 70.7 cm³/mol.